The Hall–Kier alpha value is 0.206. The molecule has 0 amide bonds. The SMILES string of the molecule is Cc1[c-]cccc1F.[Cl-].[Mg+2]. The zero-order valence-corrected chi connectivity index (χ0v) is 7.87. The molecular formula is C7H6ClFMg. The molecule has 0 N–H and O–H groups in total. The van der Waals surface area contributed by atoms with Gasteiger partial charge in [-0.3, -0.25) is 4.39 Å². The van der Waals surface area contributed by atoms with Gasteiger partial charge in [0.1, 0.15) is 0 Å². The van der Waals surface area contributed by atoms with Crippen LogP contribution in [-0.2, 0) is 0 Å². The number of aryl methyl sites for hydroxylation is 1. The third kappa shape index (κ3) is 3.39. The predicted octanol–water partition coefficient (Wildman–Crippen LogP) is -1.44. The fraction of sp³-hybridized carbons (Fsp3) is 0.143. The maximum Gasteiger partial charge on any atom is 2.00 e. The van der Waals surface area contributed by atoms with Crippen LogP contribution in [0.2, 0.25) is 0 Å². The summed E-state index contributed by atoms with van der Waals surface area (Å²) in [5.41, 5.74) is 0.576. The van der Waals surface area contributed by atoms with Crippen molar-refractivity contribution in [2.45, 2.75) is 6.92 Å². The Labute approximate surface area is 82.4 Å². The molecule has 3 heteroatoms. The Morgan fingerprint density at radius 1 is 1.50 bits per heavy atom. The van der Waals surface area contributed by atoms with Gasteiger partial charge in [-0.25, -0.2) is 0 Å². The van der Waals surface area contributed by atoms with Gasteiger partial charge in [-0.1, -0.05) is 6.92 Å². The molecule has 0 unspecified atom stereocenters. The summed E-state index contributed by atoms with van der Waals surface area (Å²) in [4.78, 5) is 0. The Morgan fingerprint density at radius 2 is 2.10 bits per heavy atom. The van der Waals surface area contributed by atoms with Crippen LogP contribution in [0.15, 0.2) is 18.2 Å². The molecule has 0 aliphatic carbocycles. The first-order valence-corrected chi connectivity index (χ1v) is 2.43. The van der Waals surface area contributed by atoms with Gasteiger partial charge < -0.3 is 12.4 Å². The molecular weight excluding hydrogens is 163 g/mol. The number of rotatable bonds is 0. The molecule has 0 atom stereocenters. The predicted molar refractivity (Wildman–Crippen MR) is 35.7 cm³/mol. The molecule has 0 saturated heterocycles. The van der Waals surface area contributed by atoms with Gasteiger partial charge in [0, 0.05) is 5.82 Å². The van der Waals surface area contributed by atoms with Gasteiger partial charge in [0.2, 0.25) is 0 Å². The van der Waals surface area contributed by atoms with Crippen LogP contribution >= 0.6 is 0 Å². The molecule has 0 nitrogen and oxygen atoms in total. The second kappa shape index (κ2) is 5.95. The summed E-state index contributed by atoms with van der Waals surface area (Å²) in [6, 6.07) is 7.47. The summed E-state index contributed by atoms with van der Waals surface area (Å²) in [5.74, 6) is -0.187. The third-order valence-electron chi connectivity index (χ3n) is 0.997. The van der Waals surface area contributed by atoms with Crippen molar-refractivity contribution in [3.63, 3.8) is 0 Å². The third-order valence-corrected chi connectivity index (χ3v) is 0.997. The number of hydrogen-bond acceptors (Lipinski definition) is 0. The molecule has 50 valence electrons. The summed E-state index contributed by atoms with van der Waals surface area (Å²) < 4.78 is 12.3. The van der Waals surface area contributed by atoms with E-state index in [1.807, 2.05) is 0 Å². The number of benzene rings is 1. The van der Waals surface area contributed by atoms with Crippen LogP contribution in [0.4, 0.5) is 4.39 Å². The minimum Gasteiger partial charge on any atom is -1.00 e. The van der Waals surface area contributed by atoms with Gasteiger partial charge >= 0.3 is 23.1 Å². The summed E-state index contributed by atoms with van der Waals surface area (Å²) in [6.07, 6.45) is 0. The van der Waals surface area contributed by atoms with Crippen molar-refractivity contribution >= 4 is 23.1 Å². The van der Waals surface area contributed by atoms with E-state index >= 15 is 0 Å². The molecule has 0 saturated carbocycles. The topological polar surface area (TPSA) is 0 Å². The first-order valence-electron chi connectivity index (χ1n) is 2.43. The van der Waals surface area contributed by atoms with Gasteiger partial charge in [-0.15, -0.1) is 11.6 Å². The Kier molecular flexibility index (Phi) is 7.65. The van der Waals surface area contributed by atoms with Crippen molar-refractivity contribution in [1.29, 1.82) is 0 Å². The van der Waals surface area contributed by atoms with Gasteiger partial charge in [0.25, 0.3) is 0 Å². The number of halogens is 2. The molecule has 0 aliphatic heterocycles. The van der Waals surface area contributed by atoms with E-state index in [1.54, 1.807) is 19.1 Å². The first-order chi connectivity index (χ1) is 3.80. The zero-order chi connectivity index (χ0) is 5.98. The van der Waals surface area contributed by atoms with Crippen molar-refractivity contribution < 1.29 is 16.8 Å². The quantitative estimate of drug-likeness (QED) is 0.329. The average Bonchev–Trinajstić information content (AvgIpc) is 1.77. The molecule has 0 heterocycles. The maximum atomic E-state index is 12.3. The standard InChI is InChI=1S/C7H6F.ClH.Mg/c1-6-4-2-3-5-7(6)8;;/h2-3,5H,1H3;1H;/q-1;;+2/p-1. The second-order valence-electron chi connectivity index (χ2n) is 1.64. The van der Waals surface area contributed by atoms with E-state index in [4.69, 9.17) is 0 Å². The maximum absolute atomic E-state index is 12.3. The van der Waals surface area contributed by atoms with E-state index in [0.29, 0.717) is 5.56 Å². The Balaban J connectivity index is 0. The second-order valence-corrected chi connectivity index (χ2v) is 1.64. The fourth-order valence-electron chi connectivity index (χ4n) is 0.500. The molecule has 0 aliphatic rings. The van der Waals surface area contributed by atoms with Gasteiger partial charge in [0.05, 0.1) is 0 Å². The first kappa shape index (κ1) is 12.8. The van der Waals surface area contributed by atoms with Gasteiger partial charge in [-0.05, 0) is 0 Å². The van der Waals surface area contributed by atoms with Crippen LogP contribution in [0.3, 0.4) is 0 Å². The molecule has 0 aromatic heterocycles. The molecule has 1 aromatic rings. The van der Waals surface area contributed by atoms with Gasteiger partial charge in [-0.2, -0.15) is 18.2 Å². The molecule has 1 rings (SSSR count). The summed E-state index contributed by atoms with van der Waals surface area (Å²) >= 11 is 0. The molecule has 1 aromatic carbocycles. The van der Waals surface area contributed by atoms with Crippen LogP contribution in [0.25, 0.3) is 0 Å². The zero-order valence-electron chi connectivity index (χ0n) is 5.70. The minimum atomic E-state index is -0.187. The van der Waals surface area contributed by atoms with E-state index in [2.05, 4.69) is 6.07 Å². The summed E-state index contributed by atoms with van der Waals surface area (Å²) in [7, 11) is 0. The summed E-state index contributed by atoms with van der Waals surface area (Å²) in [5, 5.41) is 0. The van der Waals surface area contributed by atoms with Crippen LogP contribution < -0.4 is 12.4 Å². The van der Waals surface area contributed by atoms with Crippen molar-refractivity contribution in [3.05, 3.63) is 35.6 Å². The molecule has 0 bridgehead atoms. The summed E-state index contributed by atoms with van der Waals surface area (Å²) in [6.45, 7) is 1.69. The van der Waals surface area contributed by atoms with E-state index in [1.165, 1.54) is 6.07 Å². The van der Waals surface area contributed by atoms with Crippen molar-refractivity contribution in [2.24, 2.45) is 0 Å². The van der Waals surface area contributed by atoms with E-state index in [9.17, 15) is 4.39 Å². The van der Waals surface area contributed by atoms with Gasteiger partial charge in [0.15, 0.2) is 0 Å². The van der Waals surface area contributed by atoms with Crippen LogP contribution in [0.5, 0.6) is 0 Å². The average molecular weight is 169 g/mol. The van der Waals surface area contributed by atoms with Crippen molar-refractivity contribution in [2.75, 3.05) is 0 Å². The normalized spacial score (nSPS) is 7.40. The Bertz CT molecular complexity index is 170. The van der Waals surface area contributed by atoms with Crippen LogP contribution in [0.1, 0.15) is 5.56 Å². The largest absolute Gasteiger partial charge is 2.00 e. The van der Waals surface area contributed by atoms with E-state index in [-0.39, 0.29) is 41.3 Å². The molecule has 0 radical (unpaired) electrons. The van der Waals surface area contributed by atoms with Crippen molar-refractivity contribution in [1.82, 2.24) is 0 Å². The molecule has 0 fully saturated rings. The van der Waals surface area contributed by atoms with Crippen molar-refractivity contribution in [3.8, 4) is 0 Å². The van der Waals surface area contributed by atoms with Crippen LogP contribution in [0, 0.1) is 18.8 Å². The molecule has 0 spiro atoms. The Morgan fingerprint density at radius 3 is 2.40 bits per heavy atom. The smallest absolute Gasteiger partial charge is 1.00 e. The van der Waals surface area contributed by atoms with E-state index < -0.39 is 0 Å². The monoisotopic (exact) mass is 168 g/mol. The minimum absolute atomic E-state index is 0. The van der Waals surface area contributed by atoms with Crippen LogP contribution in [-0.4, -0.2) is 23.1 Å². The molecule has 10 heavy (non-hydrogen) atoms. The fourth-order valence-corrected chi connectivity index (χ4v) is 0.500. The van der Waals surface area contributed by atoms with E-state index in [0.717, 1.165) is 0 Å². The number of hydrogen-bond donors (Lipinski definition) is 0.